The maximum Gasteiger partial charge on any atom is 0.163 e. The van der Waals surface area contributed by atoms with Crippen molar-refractivity contribution in [2.45, 2.75) is 71.3 Å². The van der Waals surface area contributed by atoms with Gasteiger partial charge in [-0.05, 0) is 58.8 Å². The van der Waals surface area contributed by atoms with Crippen LogP contribution in [0.4, 0.5) is 0 Å². The Labute approximate surface area is 138 Å². The van der Waals surface area contributed by atoms with Crippen LogP contribution in [0.25, 0.3) is 0 Å². The van der Waals surface area contributed by atoms with Crippen molar-refractivity contribution in [3.05, 3.63) is 28.8 Å². The highest BCUT2D eigenvalue weighted by Gasteiger charge is 2.55. The van der Waals surface area contributed by atoms with Crippen LogP contribution in [0, 0.1) is 11.3 Å². The maximum absolute atomic E-state index is 12.8. The average Bonchev–Trinajstić information content (AvgIpc) is 2.46. The number of aliphatic hydroxyl groups excluding tert-OH is 1. The third-order valence-electron chi connectivity index (χ3n) is 6.56. The van der Waals surface area contributed by atoms with E-state index in [4.69, 9.17) is 0 Å². The van der Waals surface area contributed by atoms with Gasteiger partial charge in [-0.25, -0.2) is 0 Å². The van der Waals surface area contributed by atoms with Crippen LogP contribution in [0.3, 0.4) is 0 Å². The highest BCUT2D eigenvalue weighted by atomic mass is 16.3. The van der Waals surface area contributed by atoms with Gasteiger partial charge in [-0.3, -0.25) is 4.79 Å². The van der Waals surface area contributed by atoms with E-state index in [1.165, 1.54) is 0 Å². The summed E-state index contributed by atoms with van der Waals surface area (Å²) in [6.45, 7) is 10.4. The first-order chi connectivity index (χ1) is 10.6. The standard InChI is InChI=1S/C20H28O3/c1-11(2)12-8-13-14(9-15(12)21)20(5)7-6-18(23)19(3,4)17(20)10-16(13)22/h8-9,11,17-18,21,23H,6-7,10H2,1-5H3/t17-,18+,20-/m1/s1. The summed E-state index contributed by atoms with van der Waals surface area (Å²) in [7, 11) is 0. The molecular weight excluding hydrogens is 288 g/mol. The van der Waals surface area contributed by atoms with E-state index in [2.05, 4.69) is 20.8 Å². The van der Waals surface area contributed by atoms with Crippen LogP contribution < -0.4 is 0 Å². The molecule has 3 rings (SSSR count). The molecule has 2 aliphatic carbocycles. The third kappa shape index (κ3) is 2.24. The molecule has 1 saturated carbocycles. The van der Waals surface area contributed by atoms with Gasteiger partial charge in [0.15, 0.2) is 5.78 Å². The lowest BCUT2D eigenvalue weighted by atomic mass is 9.49. The second-order valence-corrected chi connectivity index (χ2v) is 8.58. The molecule has 0 spiro atoms. The van der Waals surface area contributed by atoms with E-state index in [0.717, 1.165) is 29.5 Å². The molecule has 3 heteroatoms. The number of aliphatic hydroxyl groups is 1. The monoisotopic (exact) mass is 316 g/mol. The number of rotatable bonds is 1. The molecule has 1 fully saturated rings. The summed E-state index contributed by atoms with van der Waals surface area (Å²) in [5.74, 6) is 0.718. The normalized spacial score (nSPS) is 32.6. The molecule has 126 valence electrons. The Morgan fingerprint density at radius 2 is 1.87 bits per heavy atom. The fourth-order valence-electron chi connectivity index (χ4n) is 4.91. The summed E-state index contributed by atoms with van der Waals surface area (Å²) in [5, 5.41) is 20.9. The van der Waals surface area contributed by atoms with Crippen molar-refractivity contribution in [3.8, 4) is 5.75 Å². The zero-order valence-electron chi connectivity index (χ0n) is 14.8. The molecule has 2 N–H and O–H groups in total. The summed E-state index contributed by atoms with van der Waals surface area (Å²) in [6, 6.07) is 3.72. The summed E-state index contributed by atoms with van der Waals surface area (Å²) in [5.41, 5.74) is 2.12. The largest absolute Gasteiger partial charge is 0.508 e. The number of fused-ring (bicyclic) bond motifs is 3. The molecule has 0 aliphatic heterocycles. The van der Waals surface area contributed by atoms with Crippen molar-refractivity contribution in [2.24, 2.45) is 11.3 Å². The van der Waals surface area contributed by atoms with Gasteiger partial charge in [0.05, 0.1) is 6.10 Å². The number of hydrogen-bond donors (Lipinski definition) is 2. The third-order valence-corrected chi connectivity index (χ3v) is 6.56. The number of ketones is 1. The van der Waals surface area contributed by atoms with E-state index >= 15 is 0 Å². The highest BCUT2D eigenvalue weighted by Crippen LogP contribution is 2.57. The summed E-state index contributed by atoms with van der Waals surface area (Å²) < 4.78 is 0. The second kappa shape index (κ2) is 5.07. The van der Waals surface area contributed by atoms with E-state index in [9.17, 15) is 15.0 Å². The van der Waals surface area contributed by atoms with E-state index in [0.29, 0.717) is 6.42 Å². The van der Waals surface area contributed by atoms with Crippen LogP contribution in [0.1, 0.15) is 81.3 Å². The second-order valence-electron chi connectivity index (χ2n) is 8.58. The van der Waals surface area contributed by atoms with Crippen molar-refractivity contribution >= 4 is 5.78 Å². The fraction of sp³-hybridized carbons (Fsp3) is 0.650. The molecule has 1 aromatic carbocycles. The van der Waals surface area contributed by atoms with Gasteiger partial charge in [0.25, 0.3) is 0 Å². The molecule has 0 bridgehead atoms. The molecule has 0 amide bonds. The first-order valence-corrected chi connectivity index (χ1v) is 8.67. The van der Waals surface area contributed by atoms with Crippen LogP contribution in [0.15, 0.2) is 12.1 Å². The van der Waals surface area contributed by atoms with Gasteiger partial charge in [0.2, 0.25) is 0 Å². The SMILES string of the molecule is CC(C)c1cc2c(cc1O)[C@@]1(C)CC[C@H](O)C(C)(C)[C@H]1CC2=O. The lowest BCUT2D eigenvalue weighted by molar-refractivity contribution is -0.0687. The number of hydrogen-bond acceptors (Lipinski definition) is 3. The molecule has 3 nitrogen and oxygen atoms in total. The van der Waals surface area contributed by atoms with Crippen molar-refractivity contribution in [1.29, 1.82) is 0 Å². The van der Waals surface area contributed by atoms with Crippen LogP contribution in [-0.2, 0) is 5.41 Å². The van der Waals surface area contributed by atoms with Gasteiger partial charge in [-0.2, -0.15) is 0 Å². The van der Waals surface area contributed by atoms with Crippen LogP contribution in [0.2, 0.25) is 0 Å². The summed E-state index contributed by atoms with van der Waals surface area (Å²) in [4.78, 5) is 12.8. The summed E-state index contributed by atoms with van der Waals surface area (Å²) in [6.07, 6.45) is 1.69. The van der Waals surface area contributed by atoms with Gasteiger partial charge in [-0.15, -0.1) is 0 Å². The van der Waals surface area contributed by atoms with E-state index in [-0.39, 0.29) is 40.3 Å². The van der Waals surface area contributed by atoms with Gasteiger partial charge in [0.1, 0.15) is 5.75 Å². The number of benzene rings is 1. The smallest absolute Gasteiger partial charge is 0.163 e. The Kier molecular flexibility index (Phi) is 3.64. The predicted molar refractivity (Wildman–Crippen MR) is 91.0 cm³/mol. The first-order valence-electron chi connectivity index (χ1n) is 8.67. The Balaban J connectivity index is 2.20. The molecule has 3 atom stereocenters. The minimum absolute atomic E-state index is 0.100. The van der Waals surface area contributed by atoms with E-state index < -0.39 is 0 Å². The van der Waals surface area contributed by atoms with Crippen molar-refractivity contribution in [1.82, 2.24) is 0 Å². The molecular formula is C20H28O3. The Morgan fingerprint density at radius 3 is 2.48 bits per heavy atom. The van der Waals surface area contributed by atoms with Gasteiger partial charge < -0.3 is 10.2 Å². The number of Topliss-reactive ketones (excluding diaryl/α,β-unsaturated/α-hetero) is 1. The molecule has 23 heavy (non-hydrogen) atoms. The maximum atomic E-state index is 12.8. The number of carbonyl (C=O) groups is 1. The minimum atomic E-state index is -0.376. The molecule has 0 heterocycles. The van der Waals surface area contributed by atoms with Crippen molar-refractivity contribution < 1.29 is 15.0 Å². The van der Waals surface area contributed by atoms with Crippen molar-refractivity contribution in [3.63, 3.8) is 0 Å². The molecule has 0 saturated heterocycles. The highest BCUT2D eigenvalue weighted by molar-refractivity contribution is 6.00. The van der Waals surface area contributed by atoms with Gasteiger partial charge in [-0.1, -0.05) is 34.6 Å². The van der Waals surface area contributed by atoms with Gasteiger partial charge in [0, 0.05) is 12.0 Å². The Hall–Kier alpha value is -1.35. The molecule has 0 unspecified atom stereocenters. The van der Waals surface area contributed by atoms with Crippen LogP contribution in [0.5, 0.6) is 5.75 Å². The van der Waals surface area contributed by atoms with E-state index in [1.807, 2.05) is 26.0 Å². The van der Waals surface area contributed by atoms with Crippen molar-refractivity contribution in [2.75, 3.05) is 0 Å². The zero-order chi connectivity index (χ0) is 17.2. The molecule has 0 aromatic heterocycles. The van der Waals surface area contributed by atoms with Crippen LogP contribution in [-0.4, -0.2) is 22.1 Å². The summed E-state index contributed by atoms with van der Waals surface area (Å²) >= 11 is 0. The fourth-order valence-corrected chi connectivity index (χ4v) is 4.91. The lowest BCUT2D eigenvalue weighted by Crippen LogP contribution is -2.54. The molecule has 0 radical (unpaired) electrons. The topological polar surface area (TPSA) is 57.5 Å². The first kappa shape index (κ1) is 16.5. The Morgan fingerprint density at radius 1 is 1.22 bits per heavy atom. The molecule has 1 aromatic rings. The molecule has 2 aliphatic rings. The average molecular weight is 316 g/mol. The number of aromatic hydroxyl groups is 1. The number of carbonyl (C=O) groups excluding carboxylic acids is 1. The quantitative estimate of drug-likeness (QED) is 0.818. The Bertz CT molecular complexity index is 659. The minimum Gasteiger partial charge on any atom is -0.508 e. The number of phenols is 1. The van der Waals surface area contributed by atoms with Gasteiger partial charge >= 0.3 is 0 Å². The lowest BCUT2D eigenvalue weighted by Gasteiger charge is -2.55. The van der Waals surface area contributed by atoms with Crippen LogP contribution >= 0.6 is 0 Å². The predicted octanol–water partition coefficient (Wildman–Crippen LogP) is 4.16. The van der Waals surface area contributed by atoms with E-state index in [1.54, 1.807) is 0 Å². The number of phenolic OH excluding ortho intramolecular Hbond substituents is 1. The zero-order valence-corrected chi connectivity index (χ0v) is 14.8.